The summed E-state index contributed by atoms with van der Waals surface area (Å²) in [4.78, 5) is 22.5. The molecule has 0 aliphatic heterocycles. The molecule has 6 heteroatoms. The number of aryl methyl sites for hydroxylation is 1. The molecule has 0 aliphatic rings. The van der Waals surface area contributed by atoms with Gasteiger partial charge in [0.05, 0.1) is 10.5 Å². The van der Waals surface area contributed by atoms with E-state index in [4.69, 9.17) is 0 Å². The second kappa shape index (κ2) is 6.67. The van der Waals surface area contributed by atoms with Gasteiger partial charge in [0.25, 0.3) is 11.6 Å². The maximum atomic E-state index is 12.1. The number of nitrogens with zero attached hydrogens (tertiary/aromatic N) is 1. The summed E-state index contributed by atoms with van der Waals surface area (Å²) in [7, 11) is 0. The lowest BCUT2D eigenvalue weighted by Crippen LogP contribution is -2.41. The zero-order valence-corrected chi connectivity index (χ0v) is 12.8. The number of nitro groups is 1. The standard InChI is InChI=1S/C15H22N2O4/c1-10(2)8-15(4,19)9-16-14(18)12-7-11(3)5-6-13(12)17(20)21/h5-7,10,19H,8-9H2,1-4H3,(H,16,18). The molecule has 1 rings (SSSR count). The largest absolute Gasteiger partial charge is 0.388 e. The Kier molecular flexibility index (Phi) is 5.43. The van der Waals surface area contributed by atoms with E-state index in [9.17, 15) is 20.0 Å². The first-order valence-electron chi connectivity index (χ1n) is 6.88. The lowest BCUT2D eigenvalue weighted by Gasteiger charge is -2.25. The van der Waals surface area contributed by atoms with Crippen molar-refractivity contribution in [2.45, 2.75) is 39.7 Å². The molecule has 116 valence electrons. The van der Waals surface area contributed by atoms with Gasteiger partial charge in [-0.25, -0.2) is 0 Å². The maximum absolute atomic E-state index is 12.1. The highest BCUT2D eigenvalue weighted by Gasteiger charge is 2.25. The number of carbonyl (C=O) groups is 1. The van der Waals surface area contributed by atoms with Gasteiger partial charge in [0.2, 0.25) is 0 Å². The molecule has 0 fully saturated rings. The van der Waals surface area contributed by atoms with Gasteiger partial charge in [-0.05, 0) is 37.8 Å². The molecule has 0 saturated carbocycles. The molecule has 1 aromatic rings. The van der Waals surface area contributed by atoms with Crippen molar-refractivity contribution in [1.29, 1.82) is 0 Å². The Morgan fingerprint density at radius 2 is 2.10 bits per heavy atom. The average Bonchev–Trinajstić information content (AvgIpc) is 2.34. The van der Waals surface area contributed by atoms with Crippen molar-refractivity contribution in [1.82, 2.24) is 5.32 Å². The van der Waals surface area contributed by atoms with Crippen molar-refractivity contribution >= 4 is 11.6 Å². The number of hydrogen-bond acceptors (Lipinski definition) is 4. The van der Waals surface area contributed by atoms with Gasteiger partial charge in [-0.3, -0.25) is 14.9 Å². The van der Waals surface area contributed by atoms with E-state index < -0.39 is 16.4 Å². The first-order valence-corrected chi connectivity index (χ1v) is 6.88. The fraction of sp³-hybridized carbons (Fsp3) is 0.533. The smallest absolute Gasteiger partial charge is 0.282 e. The topological polar surface area (TPSA) is 92.5 Å². The summed E-state index contributed by atoms with van der Waals surface area (Å²) < 4.78 is 0. The van der Waals surface area contributed by atoms with Gasteiger partial charge < -0.3 is 10.4 Å². The van der Waals surface area contributed by atoms with E-state index in [1.54, 1.807) is 19.9 Å². The molecule has 2 N–H and O–H groups in total. The molecular weight excluding hydrogens is 272 g/mol. The van der Waals surface area contributed by atoms with Crippen molar-refractivity contribution in [3.8, 4) is 0 Å². The molecule has 6 nitrogen and oxygen atoms in total. The summed E-state index contributed by atoms with van der Waals surface area (Å²) in [6.07, 6.45) is 0.531. The Balaban J connectivity index is 2.85. The maximum Gasteiger partial charge on any atom is 0.282 e. The normalized spacial score (nSPS) is 13.8. The van der Waals surface area contributed by atoms with Gasteiger partial charge in [0.15, 0.2) is 0 Å². The van der Waals surface area contributed by atoms with Gasteiger partial charge in [0, 0.05) is 12.6 Å². The SMILES string of the molecule is Cc1ccc([N+](=O)[O-])c(C(=O)NCC(C)(O)CC(C)C)c1. The molecule has 0 heterocycles. The predicted molar refractivity (Wildman–Crippen MR) is 80.2 cm³/mol. The third-order valence-corrected chi connectivity index (χ3v) is 3.07. The monoisotopic (exact) mass is 294 g/mol. The number of benzene rings is 1. The van der Waals surface area contributed by atoms with Gasteiger partial charge in [-0.15, -0.1) is 0 Å². The summed E-state index contributed by atoms with van der Waals surface area (Å²) in [6.45, 7) is 7.39. The molecule has 0 spiro atoms. The van der Waals surface area contributed by atoms with Gasteiger partial charge in [-0.1, -0.05) is 19.9 Å². The molecule has 0 aliphatic carbocycles. The highest BCUT2D eigenvalue weighted by molar-refractivity contribution is 5.98. The molecule has 1 amide bonds. The Bertz CT molecular complexity index is 538. The third-order valence-electron chi connectivity index (χ3n) is 3.07. The minimum absolute atomic E-state index is 0.0142. The molecule has 0 saturated heterocycles. The highest BCUT2D eigenvalue weighted by Crippen LogP contribution is 2.20. The van der Waals surface area contributed by atoms with Gasteiger partial charge >= 0.3 is 0 Å². The van der Waals surface area contributed by atoms with Crippen LogP contribution < -0.4 is 5.32 Å². The molecule has 0 radical (unpaired) electrons. The first kappa shape index (κ1) is 17.1. The van der Waals surface area contributed by atoms with Crippen LogP contribution in [0.4, 0.5) is 5.69 Å². The molecule has 1 atom stereocenters. The molecular formula is C15H22N2O4. The van der Waals surface area contributed by atoms with Crippen LogP contribution in [0.3, 0.4) is 0 Å². The summed E-state index contributed by atoms with van der Waals surface area (Å²) in [5.41, 5.74) is -0.496. The first-order chi connectivity index (χ1) is 9.62. The van der Waals surface area contributed by atoms with E-state index in [0.717, 1.165) is 5.56 Å². The Hall–Kier alpha value is -1.95. The fourth-order valence-electron chi connectivity index (χ4n) is 2.31. The van der Waals surface area contributed by atoms with Crippen LogP contribution in [0.2, 0.25) is 0 Å². The molecule has 0 aromatic heterocycles. The second-order valence-electron chi connectivity index (χ2n) is 6.06. The van der Waals surface area contributed by atoms with Crippen LogP contribution in [-0.4, -0.2) is 28.1 Å². The number of aliphatic hydroxyl groups is 1. The second-order valence-corrected chi connectivity index (χ2v) is 6.06. The third kappa shape index (κ3) is 5.15. The van der Waals surface area contributed by atoms with E-state index in [-0.39, 0.29) is 23.7 Å². The van der Waals surface area contributed by atoms with Crippen molar-refractivity contribution in [3.05, 3.63) is 39.4 Å². The lowest BCUT2D eigenvalue weighted by atomic mass is 9.94. The summed E-state index contributed by atoms with van der Waals surface area (Å²) in [5, 5.41) is 23.7. The molecule has 1 aromatic carbocycles. The highest BCUT2D eigenvalue weighted by atomic mass is 16.6. The van der Waals surface area contributed by atoms with Crippen LogP contribution in [0, 0.1) is 23.0 Å². The predicted octanol–water partition coefficient (Wildman–Crippen LogP) is 2.43. The van der Waals surface area contributed by atoms with Crippen LogP contribution in [0.5, 0.6) is 0 Å². The van der Waals surface area contributed by atoms with Crippen LogP contribution >= 0.6 is 0 Å². The lowest BCUT2D eigenvalue weighted by molar-refractivity contribution is -0.385. The quantitative estimate of drug-likeness (QED) is 0.622. The number of nitro benzene ring substituents is 1. The minimum Gasteiger partial charge on any atom is -0.388 e. The van der Waals surface area contributed by atoms with Crippen molar-refractivity contribution in [2.24, 2.45) is 5.92 Å². The number of nitrogens with one attached hydrogen (secondary N) is 1. The molecule has 0 bridgehead atoms. The van der Waals surface area contributed by atoms with Crippen LogP contribution in [0.15, 0.2) is 18.2 Å². The zero-order valence-electron chi connectivity index (χ0n) is 12.8. The van der Waals surface area contributed by atoms with Crippen LogP contribution in [0.25, 0.3) is 0 Å². The number of rotatable bonds is 6. The van der Waals surface area contributed by atoms with Crippen molar-refractivity contribution < 1.29 is 14.8 Å². The fourth-order valence-corrected chi connectivity index (χ4v) is 2.31. The van der Waals surface area contributed by atoms with Crippen molar-refractivity contribution in [3.63, 3.8) is 0 Å². The summed E-state index contributed by atoms with van der Waals surface area (Å²) in [5.74, 6) is -0.264. The Labute approximate surface area is 124 Å². The number of carbonyl (C=O) groups excluding carboxylic acids is 1. The van der Waals surface area contributed by atoms with E-state index in [0.29, 0.717) is 6.42 Å². The van der Waals surface area contributed by atoms with E-state index in [2.05, 4.69) is 5.32 Å². The van der Waals surface area contributed by atoms with E-state index in [1.165, 1.54) is 12.1 Å². The van der Waals surface area contributed by atoms with E-state index >= 15 is 0 Å². The van der Waals surface area contributed by atoms with Crippen LogP contribution in [0.1, 0.15) is 43.1 Å². The zero-order chi connectivity index (χ0) is 16.2. The Morgan fingerprint density at radius 1 is 1.48 bits per heavy atom. The summed E-state index contributed by atoms with van der Waals surface area (Å²) in [6, 6.07) is 4.38. The summed E-state index contributed by atoms with van der Waals surface area (Å²) >= 11 is 0. The number of hydrogen-bond donors (Lipinski definition) is 2. The van der Waals surface area contributed by atoms with E-state index in [1.807, 2.05) is 13.8 Å². The minimum atomic E-state index is -1.04. The van der Waals surface area contributed by atoms with Gasteiger partial charge in [-0.2, -0.15) is 0 Å². The van der Waals surface area contributed by atoms with Gasteiger partial charge in [0.1, 0.15) is 5.56 Å². The number of amides is 1. The molecule has 21 heavy (non-hydrogen) atoms. The molecule has 1 unspecified atom stereocenters. The van der Waals surface area contributed by atoms with Crippen molar-refractivity contribution in [2.75, 3.05) is 6.54 Å². The Morgan fingerprint density at radius 3 is 2.62 bits per heavy atom. The average molecular weight is 294 g/mol. The van der Waals surface area contributed by atoms with Crippen LogP contribution in [-0.2, 0) is 0 Å².